The Hall–Kier alpha value is -1.84. The third kappa shape index (κ3) is 3.39. The molecule has 2 saturated carbocycles. The lowest BCUT2D eigenvalue weighted by atomic mass is 9.54. The molecule has 2 N–H and O–H groups in total. The molecule has 3 aliphatic carbocycles. The molecule has 0 saturated heterocycles. The van der Waals surface area contributed by atoms with E-state index in [4.69, 9.17) is 5.11 Å². The Kier molecular flexibility index (Phi) is 5.64. The van der Waals surface area contributed by atoms with Gasteiger partial charge in [-0.15, -0.1) is 0 Å². The van der Waals surface area contributed by atoms with Crippen LogP contribution in [0, 0.1) is 23.2 Å². The summed E-state index contributed by atoms with van der Waals surface area (Å²) in [6.07, 6.45) is 5.24. The van der Waals surface area contributed by atoms with Gasteiger partial charge in [-0.2, -0.15) is 0 Å². The Labute approximate surface area is 162 Å². The van der Waals surface area contributed by atoms with E-state index in [0.717, 1.165) is 25.7 Å². The number of fused-ring (bicyclic) bond motifs is 5. The minimum atomic E-state index is -0.766. The summed E-state index contributed by atoms with van der Waals surface area (Å²) in [7, 11) is 0. The van der Waals surface area contributed by atoms with Crippen LogP contribution in [-0.4, -0.2) is 22.0 Å². The zero-order chi connectivity index (χ0) is 19.8. The van der Waals surface area contributed by atoms with Gasteiger partial charge in [0.2, 0.25) is 0 Å². The van der Waals surface area contributed by atoms with Crippen LogP contribution in [0.15, 0.2) is 18.2 Å². The number of carbonyl (C=O) groups is 2. The van der Waals surface area contributed by atoms with Crippen molar-refractivity contribution >= 4 is 11.8 Å². The maximum Gasteiger partial charge on any atom is 0.303 e. The molecule has 4 heteroatoms. The first-order chi connectivity index (χ1) is 12.9. The SMILES string of the molecule is CC.CC12CCC3c4ccc(O)cc4CCC3C1C(CCC(=O)O)CC2=O. The quantitative estimate of drug-likeness (QED) is 0.788. The van der Waals surface area contributed by atoms with E-state index >= 15 is 0 Å². The average molecular weight is 373 g/mol. The molecule has 27 heavy (non-hydrogen) atoms. The largest absolute Gasteiger partial charge is 0.508 e. The molecule has 5 atom stereocenters. The van der Waals surface area contributed by atoms with Gasteiger partial charge in [0.25, 0.3) is 0 Å². The number of phenolic OH excluding ortho intramolecular Hbond substituents is 1. The van der Waals surface area contributed by atoms with Gasteiger partial charge in [-0.1, -0.05) is 26.8 Å². The maximum atomic E-state index is 12.8. The third-order valence-electron chi connectivity index (χ3n) is 7.28. The second-order valence-corrected chi connectivity index (χ2v) is 8.49. The van der Waals surface area contributed by atoms with Gasteiger partial charge < -0.3 is 10.2 Å². The molecule has 3 aliphatic rings. The van der Waals surface area contributed by atoms with Crippen molar-refractivity contribution in [2.24, 2.45) is 23.2 Å². The molecule has 1 aromatic rings. The number of rotatable bonds is 3. The predicted octanol–water partition coefficient (Wildman–Crippen LogP) is 4.93. The van der Waals surface area contributed by atoms with Crippen molar-refractivity contribution in [2.75, 3.05) is 0 Å². The molecule has 0 radical (unpaired) electrons. The molecule has 0 spiro atoms. The summed E-state index contributed by atoms with van der Waals surface area (Å²) >= 11 is 0. The maximum absolute atomic E-state index is 12.8. The zero-order valence-corrected chi connectivity index (χ0v) is 16.7. The van der Waals surface area contributed by atoms with Gasteiger partial charge in [0.05, 0.1) is 0 Å². The second-order valence-electron chi connectivity index (χ2n) is 8.49. The van der Waals surface area contributed by atoms with Gasteiger partial charge in [0, 0.05) is 18.3 Å². The number of aryl methyl sites for hydroxylation is 1. The van der Waals surface area contributed by atoms with Crippen molar-refractivity contribution in [2.45, 2.75) is 71.6 Å². The summed E-state index contributed by atoms with van der Waals surface area (Å²) in [6, 6.07) is 5.73. The Balaban J connectivity index is 0.00000102. The molecule has 0 amide bonds. The van der Waals surface area contributed by atoms with E-state index in [9.17, 15) is 14.7 Å². The molecule has 4 rings (SSSR count). The summed E-state index contributed by atoms with van der Waals surface area (Å²) in [5, 5.41) is 18.9. The van der Waals surface area contributed by atoms with Gasteiger partial charge in [0.1, 0.15) is 11.5 Å². The highest BCUT2D eigenvalue weighted by molar-refractivity contribution is 5.87. The average Bonchev–Trinajstić information content (AvgIpc) is 2.92. The van der Waals surface area contributed by atoms with Crippen molar-refractivity contribution in [1.82, 2.24) is 0 Å². The number of phenols is 1. The fourth-order valence-electron chi connectivity index (χ4n) is 6.20. The van der Waals surface area contributed by atoms with E-state index in [-0.39, 0.29) is 17.8 Å². The Morgan fingerprint density at radius 3 is 2.70 bits per heavy atom. The topological polar surface area (TPSA) is 74.6 Å². The molecular formula is C23H32O4. The number of hydrogen-bond acceptors (Lipinski definition) is 3. The lowest BCUT2D eigenvalue weighted by molar-refractivity contribution is -0.137. The van der Waals surface area contributed by atoms with Gasteiger partial charge in [-0.3, -0.25) is 9.59 Å². The standard InChI is InChI=1S/C21H26O4.C2H6/c1-21-9-8-16-15-6-4-14(22)10-12(15)2-5-17(16)20(21)13(11-18(21)23)3-7-19(24)25;1-2/h4,6,10,13,16-17,20,22H,2-3,5,7-9,11H2,1H3,(H,24,25);1-2H3. The summed E-state index contributed by atoms with van der Waals surface area (Å²) in [6.45, 7) is 6.13. The van der Waals surface area contributed by atoms with Crippen LogP contribution >= 0.6 is 0 Å². The first-order valence-corrected chi connectivity index (χ1v) is 10.5. The van der Waals surface area contributed by atoms with Gasteiger partial charge >= 0.3 is 5.97 Å². The molecule has 5 unspecified atom stereocenters. The zero-order valence-electron chi connectivity index (χ0n) is 16.7. The minimum absolute atomic E-state index is 0.159. The molecule has 0 aliphatic heterocycles. The molecule has 1 aromatic carbocycles. The number of carbonyl (C=O) groups excluding carboxylic acids is 1. The highest BCUT2D eigenvalue weighted by Gasteiger charge is 2.58. The van der Waals surface area contributed by atoms with Crippen molar-refractivity contribution in [1.29, 1.82) is 0 Å². The number of carboxylic acid groups (broad SMARTS) is 1. The molecular weight excluding hydrogens is 340 g/mol. The van der Waals surface area contributed by atoms with Gasteiger partial charge in [-0.05, 0) is 79.0 Å². The van der Waals surface area contributed by atoms with Crippen molar-refractivity contribution in [3.63, 3.8) is 0 Å². The molecule has 0 bridgehead atoms. The summed E-state index contributed by atoms with van der Waals surface area (Å²) < 4.78 is 0. The number of aliphatic carboxylic acids is 1. The first kappa shape index (κ1) is 19.9. The summed E-state index contributed by atoms with van der Waals surface area (Å²) in [4.78, 5) is 23.8. The van der Waals surface area contributed by atoms with Crippen molar-refractivity contribution in [3.8, 4) is 5.75 Å². The predicted molar refractivity (Wildman–Crippen MR) is 105 cm³/mol. The van der Waals surface area contributed by atoms with Crippen LogP contribution in [0.5, 0.6) is 5.75 Å². The first-order valence-electron chi connectivity index (χ1n) is 10.5. The van der Waals surface area contributed by atoms with E-state index in [1.807, 2.05) is 19.9 Å². The van der Waals surface area contributed by atoms with Crippen LogP contribution in [-0.2, 0) is 16.0 Å². The fourth-order valence-corrected chi connectivity index (χ4v) is 6.20. The Bertz CT molecular complexity index is 725. The van der Waals surface area contributed by atoms with Crippen molar-refractivity contribution in [3.05, 3.63) is 29.3 Å². The number of aromatic hydroxyl groups is 1. The Morgan fingerprint density at radius 2 is 2.00 bits per heavy atom. The van der Waals surface area contributed by atoms with Crippen LogP contribution in [0.25, 0.3) is 0 Å². The van der Waals surface area contributed by atoms with Gasteiger partial charge in [0.15, 0.2) is 0 Å². The Morgan fingerprint density at radius 1 is 1.26 bits per heavy atom. The van der Waals surface area contributed by atoms with Crippen LogP contribution < -0.4 is 0 Å². The third-order valence-corrected chi connectivity index (χ3v) is 7.28. The van der Waals surface area contributed by atoms with Crippen molar-refractivity contribution < 1.29 is 19.8 Å². The highest BCUT2D eigenvalue weighted by Crippen LogP contribution is 2.62. The van der Waals surface area contributed by atoms with Gasteiger partial charge in [-0.25, -0.2) is 0 Å². The molecule has 0 aromatic heterocycles. The van der Waals surface area contributed by atoms with Crippen LogP contribution in [0.3, 0.4) is 0 Å². The number of benzene rings is 1. The molecule has 4 nitrogen and oxygen atoms in total. The van der Waals surface area contributed by atoms with E-state index in [1.165, 1.54) is 11.1 Å². The number of carboxylic acids is 1. The lowest BCUT2D eigenvalue weighted by Crippen LogP contribution is -2.44. The van der Waals surface area contributed by atoms with E-state index in [1.54, 1.807) is 6.07 Å². The fraction of sp³-hybridized carbons (Fsp3) is 0.652. The van der Waals surface area contributed by atoms with E-state index in [2.05, 4.69) is 13.0 Å². The van der Waals surface area contributed by atoms with Crippen LogP contribution in [0.4, 0.5) is 0 Å². The highest BCUT2D eigenvalue weighted by atomic mass is 16.4. The smallest absolute Gasteiger partial charge is 0.303 e. The minimum Gasteiger partial charge on any atom is -0.508 e. The lowest BCUT2D eigenvalue weighted by Gasteiger charge is -2.50. The number of hydrogen-bond donors (Lipinski definition) is 2. The summed E-state index contributed by atoms with van der Waals surface area (Å²) in [5.41, 5.74) is 2.32. The molecule has 148 valence electrons. The van der Waals surface area contributed by atoms with E-state index < -0.39 is 5.97 Å². The summed E-state index contributed by atoms with van der Waals surface area (Å²) in [5.74, 6) is 1.33. The van der Waals surface area contributed by atoms with Crippen LogP contribution in [0.2, 0.25) is 0 Å². The number of ketones is 1. The molecule has 2 fully saturated rings. The second kappa shape index (κ2) is 7.65. The molecule has 0 heterocycles. The van der Waals surface area contributed by atoms with Crippen LogP contribution in [0.1, 0.15) is 76.3 Å². The normalized spacial score (nSPS) is 34.0. The monoisotopic (exact) mass is 372 g/mol. The number of Topliss-reactive ketones (excluding diaryl/α,β-unsaturated/α-hetero) is 1. The van der Waals surface area contributed by atoms with E-state index in [0.29, 0.717) is 42.1 Å².